The standard InChI is InChI=1S/C15H11ClF3N5O/c1-21-15-22-12-7(5-10(18)11(19)13(12)23-15)14(20)24(25)6-2-3-9(17)8(16)4-6/h2-5,20,25H,1H3,(H2,21,22,23). The number of halogens is 4. The number of hydroxylamine groups is 1. The highest BCUT2D eigenvalue weighted by atomic mass is 35.5. The highest BCUT2D eigenvalue weighted by molar-refractivity contribution is 6.31. The Kier molecular flexibility index (Phi) is 4.27. The number of aromatic amines is 1. The maximum absolute atomic E-state index is 13.9. The molecule has 1 heterocycles. The minimum atomic E-state index is -1.23. The maximum Gasteiger partial charge on any atom is 0.201 e. The van der Waals surface area contributed by atoms with Crippen LogP contribution >= 0.6 is 11.6 Å². The number of hydrogen-bond donors (Lipinski definition) is 4. The van der Waals surface area contributed by atoms with Crippen LogP contribution < -0.4 is 10.4 Å². The Bertz CT molecular complexity index is 991. The zero-order chi connectivity index (χ0) is 18.3. The number of nitrogens with one attached hydrogen (secondary N) is 3. The Balaban J connectivity index is 2.11. The number of anilines is 2. The summed E-state index contributed by atoms with van der Waals surface area (Å²) in [6, 6.07) is 4.03. The van der Waals surface area contributed by atoms with Gasteiger partial charge in [-0.3, -0.25) is 10.6 Å². The summed E-state index contributed by atoms with van der Waals surface area (Å²) in [6.07, 6.45) is 0. The molecule has 0 fully saturated rings. The van der Waals surface area contributed by atoms with Gasteiger partial charge in [-0.25, -0.2) is 23.2 Å². The molecule has 0 aliphatic carbocycles. The minimum absolute atomic E-state index is 0.0144. The van der Waals surface area contributed by atoms with Crippen molar-refractivity contribution in [3.63, 3.8) is 0 Å². The molecule has 4 N–H and O–H groups in total. The first kappa shape index (κ1) is 17.1. The van der Waals surface area contributed by atoms with Gasteiger partial charge in [-0.1, -0.05) is 11.6 Å². The number of hydrogen-bond acceptors (Lipinski definition) is 4. The van der Waals surface area contributed by atoms with Gasteiger partial charge in [0.2, 0.25) is 5.95 Å². The lowest BCUT2D eigenvalue weighted by Gasteiger charge is -2.18. The van der Waals surface area contributed by atoms with Crippen molar-refractivity contribution in [2.45, 2.75) is 0 Å². The average Bonchev–Trinajstić information content (AvgIpc) is 3.04. The predicted molar refractivity (Wildman–Crippen MR) is 88.1 cm³/mol. The summed E-state index contributed by atoms with van der Waals surface area (Å²) in [5, 5.41) is 21.0. The second-order valence-electron chi connectivity index (χ2n) is 5.04. The zero-order valence-corrected chi connectivity index (χ0v) is 13.4. The monoisotopic (exact) mass is 369 g/mol. The Labute approximate surface area is 144 Å². The number of amidine groups is 1. The molecule has 0 aliphatic heterocycles. The third-order valence-electron chi connectivity index (χ3n) is 3.51. The van der Waals surface area contributed by atoms with Gasteiger partial charge in [-0.05, 0) is 24.3 Å². The van der Waals surface area contributed by atoms with E-state index in [1.54, 1.807) is 0 Å². The number of rotatable bonds is 3. The SMILES string of the molecule is CNc1nc2c(F)c(F)cc(C(=N)N(O)c3ccc(F)c(Cl)c3)c2[nH]1. The second kappa shape index (κ2) is 6.26. The van der Waals surface area contributed by atoms with Crippen LogP contribution in [0.15, 0.2) is 24.3 Å². The lowest BCUT2D eigenvalue weighted by atomic mass is 10.1. The molecule has 0 radical (unpaired) electrons. The largest absolute Gasteiger partial charge is 0.359 e. The van der Waals surface area contributed by atoms with Gasteiger partial charge in [-0.2, -0.15) is 0 Å². The van der Waals surface area contributed by atoms with Crippen LogP contribution in [0.3, 0.4) is 0 Å². The molecule has 0 atom stereocenters. The molecule has 0 bridgehead atoms. The number of nitrogens with zero attached hydrogens (tertiary/aromatic N) is 2. The predicted octanol–water partition coefficient (Wildman–Crippen LogP) is 3.90. The first-order valence-electron chi connectivity index (χ1n) is 6.92. The van der Waals surface area contributed by atoms with E-state index in [0.29, 0.717) is 5.06 Å². The van der Waals surface area contributed by atoms with E-state index in [2.05, 4.69) is 15.3 Å². The van der Waals surface area contributed by atoms with E-state index < -0.39 is 23.3 Å². The molecule has 0 saturated heterocycles. The lowest BCUT2D eigenvalue weighted by molar-refractivity contribution is 0.312. The molecule has 130 valence electrons. The molecule has 0 amide bonds. The van der Waals surface area contributed by atoms with Crippen molar-refractivity contribution in [2.24, 2.45) is 0 Å². The van der Waals surface area contributed by atoms with Gasteiger partial charge in [0.25, 0.3) is 0 Å². The molecule has 0 aliphatic rings. The molecule has 0 unspecified atom stereocenters. The van der Waals surface area contributed by atoms with Crippen LogP contribution in [-0.4, -0.2) is 28.1 Å². The normalized spacial score (nSPS) is 11.0. The average molecular weight is 370 g/mol. The smallest absolute Gasteiger partial charge is 0.201 e. The van der Waals surface area contributed by atoms with E-state index in [9.17, 15) is 18.4 Å². The van der Waals surface area contributed by atoms with E-state index in [-0.39, 0.29) is 33.3 Å². The number of benzene rings is 2. The summed E-state index contributed by atoms with van der Waals surface area (Å²) in [5.41, 5.74) is -0.483. The highest BCUT2D eigenvalue weighted by Crippen LogP contribution is 2.27. The second-order valence-corrected chi connectivity index (χ2v) is 5.44. The fourth-order valence-electron chi connectivity index (χ4n) is 2.27. The molecule has 10 heteroatoms. The van der Waals surface area contributed by atoms with Gasteiger partial charge < -0.3 is 10.3 Å². The summed E-state index contributed by atoms with van der Waals surface area (Å²) in [5.74, 6) is -3.54. The van der Waals surface area contributed by atoms with Crippen molar-refractivity contribution in [1.82, 2.24) is 9.97 Å². The third-order valence-corrected chi connectivity index (χ3v) is 3.80. The fraction of sp³-hybridized carbons (Fsp3) is 0.0667. The first-order chi connectivity index (χ1) is 11.8. The summed E-state index contributed by atoms with van der Waals surface area (Å²) in [7, 11) is 1.52. The van der Waals surface area contributed by atoms with Crippen LogP contribution in [-0.2, 0) is 0 Å². The molecule has 2 aromatic carbocycles. The van der Waals surface area contributed by atoms with E-state index in [1.165, 1.54) is 13.1 Å². The van der Waals surface area contributed by atoms with Gasteiger partial charge in [0, 0.05) is 12.6 Å². The Morgan fingerprint density at radius 1 is 1.28 bits per heavy atom. The van der Waals surface area contributed by atoms with Gasteiger partial charge in [0.05, 0.1) is 16.2 Å². The Morgan fingerprint density at radius 3 is 2.64 bits per heavy atom. The van der Waals surface area contributed by atoms with Crippen molar-refractivity contribution in [1.29, 1.82) is 5.41 Å². The van der Waals surface area contributed by atoms with Gasteiger partial charge in [0.15, 0.2) is 17.5 Å². The first-order valence-corrected chi connectivity index (χ1v) is 7.29. The van der Waals surface area contributed by atoms with Crippen molar-refractivity contribution in [3.05, 3.63) is 52.3 Å². The summed E-state index contributed by atoms with van der Waals surface area (Å²) in [4.78, 5) is 6.54. The topological polar surface area (TPSA) is 88.0 Å². The van der Waals surface area contributed by atoms with Crippen molar-refractivity contribution >= 4 is 40.1 Å². The van der Waals surface area contributed by atoms with Crippen molar-refractivity contribution in [2.75, 3.05) is 17.4 Å². The lowest BCUT2D eigenvalue weighted by Crippen LogP contribution is -2.27. The molecule has 0 spiro atoms. The quantitative estimate of drug-likeness (QED) is 0.320. The molecule has 1 aromatic heterocycles. The number of aromatic nitrogens is 2. The van der Waals surface area contributed by atoms with Crippen LogP contribution in [0.25, 0.3) is 11.0 Å². The summed E-state index contributed by atoms with van der Waals surface area (Å²) < 4.78 is 41.0. The van der Waals surface area contributed by atoms with E-state index in [4.69, 9.17) is 17.0 Å². The summed E-state index contributed by atoms with van der Waals surface area (Å²) >= 11 is 5.65. The number of H-pyrrole nitrogens is 1. The van der Waals surface area contributed by atoms with Crippen LogP contribution in [0.4, 0.5) is 24.8 Å². The van der Waals surface area contributed by atoms with Gasteiger partial charge in [0.1, 0.15) is 11.3 Å². The number of imidazole rings is 1. The molecular formula is C15H11ClF3N5O. The maximum atomic E-state index is 13.9. The minimum Gasteiger partial charge on any atom is -0.359 e. The van der Waals surface area contributed by atoms with Crippen molar-refractivity contribution < 1.29 is 18.4 Å². The molecule has 6 nitrogen and oxygen atoms in total. The summed E-state index contributed by atoms with van der Waals surface area (Å²) in [6.45, 7) is 0. The van der Waals surface area contributed by atoms with Gasteiger partial charge >= 0.3 is 0 Å². The Morgan fingerprint density at radius 2 is 2.00 bits per heavy atom. The third kappa shape index (κ3) is 2.87. The molecule has 0 saturated carbocycles. The van der Waals surface area contributed by atoms with Crippen molar-refractivity contribution in [3.8, 4) is 0 Å². The van der Waals surface area contributed by atoms with Crippen LogP contribution in [0.5, 0.6) is 0 Å². The Hall–Kier alpha value is -2.78. The zero-order valence-electron chi connectivity index (χ0n) is 12.7. The highest BCUT2D eigenvalue weighted by Gasteiger charge is 2.22. The molecule has 3 aromatic rings. The van der Waals surface area contributed by atoms with E-state index in [0.717, 1.165) is 18.2 Å². The van der Waals surface area contributed by atoms with E-state index >= 15 is 0 Å². The van der Waals surface area contributed by atoms with Crippen LogP contribution in [0.2, 0.25) is 5.02 Å². The van der Waals surface area contributed by atoms with E-state index in [1.807, 2.05) is 0 Å². The molecule has 25 heavy (non-hydrogen) atoms. The van der Waals surface area contributed by atoms with Crippen LogP contribution in [0, 0.1) is 22.9 Å². The fourth-order valence-corrected chi connectivity index (χ4v) is 2.44. The molecular weight excluding hydrogens is 359 g/mol. The van der Waals surface area contributed by atoms with Gasteiger partial charge in [-0.15, -0.1) is 0 Å². The molecule has 3 rings (SSSR count). The number of fused-ring (bicyclic) bond motifs is 1. The van der Waals surface area contributed by atoms with Crippen LogP contribution in [0.1, 0.15) is 5.56 Å².